The summed E-state index contributed by atoms with van der Waals surface area (Å²) in [6.07, 6.45) is 1.89. The summed E-state index contributed by atoms with van der Waals surface area (Å²) >= 11 is 11.8. The summed E-state index contributed by atoms with van der Waals surface area (Å²) in [5.74, 6) is 1.08. The van der Waals surface area contributed by atoms with Crippen molar-refractivity contribution in [3.05, 3.63) is 37.0 Å². The molecule has 0 unspecified atom stereocenters. The lowest BCUT2D eigenvalue weighted by Crippen LogP contribution is -2.05. The van der Waals surface area contributed by atoms with Gasteiger partial charge in [0.15, 0.2) is 5.82 Å². The molecule has 0 saturated heterocycles. The lowest BCUT2D eigenvalue weighted by atomic mass is 10.2. The van der Waals surface area contributed by atoms with Crippen molar-refractivity contribution in [3.63, 3.8) is 0 Å². The number of aromatic nitrogens is 2. The number of anilines is 1. The van der Waals surface area contributed by atoms with Crippen molar-refractivity contribution >= 4 is 55.9 Å². The van der Waals surface area contributed by atoms with Gasteiger partial charge >= 0.3 is 0 Å². The highest BCUT2D eigenvalue weighted by Crippen LogP contribution is 2.30. The van der Waals surface area contributed by atoms with Gasteiger partial charge in [0.25, 0.3) is 0 Å². The van der Waals surface area contributed by atoms with Gasteiger partial charge in [-0.1, -0.05) is 40.9 Å². The van der Waals surface area contributed by atoms with E-state index in [0.29, 0.717) is 16.7 Å². The molecular formula is C13H12BrClIN3. The van der Waals surface area contributed by atoms with Crippen molar-refractivity contribution in [2.45, 2.75) is 19.8 Å². The van der Waals surface area contributed by atoms with Gasteiger partial charge in [0.2, 0.25) is 0 Å². The van der Waals surface area contributed by atoms with Crippen LogP contribution in [0.3, 0.4) is 0 Å². The number of hydrogen-bond acceptors (Lipinski definition) is 3. The van der Waals surface area contributed by atoms with E-state index in [1.807, 2.05) is 18.2 Å². The van der Waals surface area contributed by atoms with Crippen LogP contribution in [0.15, 0.2) is 22.7 Å². The first-order chi connectivity index (χ1) is 9.02. The minimum Gasteiger partial charge on any atom is -0.383 e. The van der Waals surface area contributed by atoms with Crippen molar-refractivity contribution < 1.29 is 0 Å². The summed E-state index contributed by atoms with van der Waals surface area (Å²) in [5, 5.41) is 0.617. The number of hydrogen-bond donors (Lipinski definition) is 1. The normalized spacial score (nSPS) is 10.7. The van der Waals surface area contributed by atoms with E-state index in [4.69, 9.17) is 17.3 Å². The molecule has 6 heteroatoms. The fourth-order valence-electron chi connectivity index (χ4n) is 1.70. The maximum atomic E-state index is 6.21. The molecule has 2 rings (SSSR count). The number of nitrogen functional groups attached to an aromatic ring is 1. The van der Waals surface area contributed by atoms with Crippen molar-refractivity contribution in [1.82, 2.24) is 9.97 Å². The largest absolute Gasteiger partial charge is 0.383 e. The minimum atomic E-state index is 0.505. The molecular weight excluding hydrogens is 440 g/mol. The number of aryl methyl sites for hydroxylation is 1. The molecule has 0 spiro atoms. The Kier molecular flexibility index (Phi) is 5.03. The van der Waals surface area contributed by atoms with E-state index in [9.17, 15) is 0 Å². The SMILES string of the molecule is CCCc1nc(-c2cc(Br)ccc2Cl)nc(N)c1I. The van der Waals surface area contributed by atoms with Crippen LogP contribution in [-0.4, -0.2) is 9.97 Å². The lowest BCUT2D eigenvalue weighted by molar-refractivity contribution is 0.869. The zero-order valence-corrected chi connectivity index (χ0v) is 14.8. The smallest absolute Gasteiger partial charge is 0.163 e. The average Bonchev–Trinajstić information content (AvgIpc) is 2.38. The number of benzene rings is 1. The van der Waals surface area contributed by atoms with Crippen LogP contribution in [0.1, 0.15) is 19.0 Å². The fraction of sp³-hybridized carbons (Fsp3) is 0.231. The molecule has 1 aromatic heterocycles. The van der Waals surface area contributed by atoms with E-state index in [1.165, 1.54) is 0 Å². The van der Waals surface area contributed by atoms with E-state index in [0.717, 1.165) is 32.1 Å². The van der Waals surface area contributed by atoms with Crippen molar-refractivity contribution in [2.24, 2.45) is 0 Å². The summed E-state index contributed by atoms with van der Waals surface area (Å²) in [4.78, 5) is 8.93. The van der Waals surface area contributed by atoms with Crippen LogP contribution in [0, 0.1) is 3.57 Å². The Labute approximate surface area is 139 Å². The second-order valence-corrected chi connectivity index (χ2v) is 6.47. The summed E-state index contributed by atoms with van der Waals surface area (Å²) in [5.41, 5.74) is 7.73. The molecule has 1 heterocycles. The zero-order valence-electron chi connectivity index (χ0n) is 10.3. The predicted octanol–water partition coefficient (Wildman–Crippen LogP) is 4.70. The molecule has 0 amide bonds. The number of rotatable bonds is 3. The maximum absolute atomic E-state index is 6.21. The van der Waals surface area contributed by atoms with Crippen molar-refractivity contribution in [1.29, 1.82) is 0 Å². The zero-order chi connectivity index (χ0) is 14.0. The van der Waals surface area contributed by atoms with Gasteiger partial charge in [-0.2, -0.15) is 0 Å². The second kappa shape index (κ2) is 6.37. The summed E-state index contributed by atoms with van der Waals surface area (Å²) in [6, 6.07) is 5.60. The van der Waals surface area contributed by atoms with Crippen LogP contribution in [0.5, 0.6) is 0 Å². The van der Waals surface area contributed by atoms with E-state index in [2.05, 4.69) is 55.4 Å². The van der Waals surface area contributed by atoms with E-state index in [1.54, 1.807) is 0 Å². The molecule has 0 aliphatic heterocycles. The molecule has 0 atom stereocenters. The molecule has 0 saturated carbocycles. The minimum absolute atomic E-state index is 0.505. The molecule has 0 aliphatic carbocycles. The second-order valence-electron chi connectivity index (χ2n) is 4.07. The number of halogens is 3. The van der Waals surface area contributed by atoms with Gasteiger partial charge in [-0.15, -0.1) is 0 Å². The van der Waals surface area contributed by atoms with Gasteiger partial charge in [-0.3, -0.25) is 0 Å². The summed E-state index contributed by atoms with van der Waals surface area (Å²) in [7, 11) is 0. The molecule has 0 bridgehead atoms. The van der Waals surface area contributed by atoms with Crippen LogP contribution in [0.2, 0.25) is 5.02 Å². The Bertz CT molecular complexity index is 619. The number of nitrogens with two attached hydrogens (primary N) is 1. The lowest BCUT2D eigenvalue weighted by Gasteiger charge is -2.09. The highest BCUT2D eigenvalue weighted by atomic mass is 127. The van der Waals surface area contributed by atoms with Crippen LogP contribution < -0.4 is 5.73 Å². The van der Waals surface area contributed by atoms with Gasteiger partial charge in [0, 0.05) is 10.0 Å². The molecule has 2 aromatic rings. The summed E-state index contributed by atoms with van der Waals surface area (Å²) < 4.78 is 1.86. The van der Waals surface area contributed by atoms with Gasteiger partial charge in [0.1, 0.15) is 5.82 Å². The van der Waals surface area contributed by atoms with Crippen molar-refractivity contribution in [2.75, 3.05) is 5.73 Å². The number of nitrogens with zero attached hydrogens (tertiary/aromatic N) is 2. The Balaban J connectivity index is 2.59. The molecule has 0 fully saturated rings. The molecule has 0 radical (unpaired) electrons. The maximum Gasteiger partial charge on any atom is 0.163 e. The van der Waals surface area contributed by atoms with Crippen LogP contribution >= 0.6 is 50.1 Å². The van der Waals surface area contributed by atoms with Crippen LogP contribution in [0.4, 0.5) is 5.82 Å². The highest BCUT2D eigenvalue weighted by molar-refractivity contribution is 14.1. The van der Waals surface area contributed by atoms with Crippen LogP contribution in [0.25, 0.3) is 11.4 Å². The third kappa shape index (κ3) is 3.38. The molecule has 3 nitrogen and oxygen atoms in total. The topological polar surface area (TPSA) is 51.8 Å². The predicted molar refractivity (Wildman–Crippen MR) is 91.3 cm³/mol. The average molecular weight is 453 g/mol. The molecule has 100 valence electrons. The van der Waals surface area contributed by atoms with Gasteiger partial charge in [-0.05, 0) is 47.2 Å². The molecule has 2 N–H and O–H groups in total. The van der Waals surface area contributed by atoms with E-state index in [-0.39, 0.29) is 0 Å². The van der Waals surface area contributed by atoms with Crippen molar-refractivity contribution in [3.8, 4) is 11.4 Å². The highest BCUT2D eigenvalue weighted by Gasteiger charge is 2.13. The quantitative estimate of drug-likeness (QED) is 0.687. The fourth-order valence-corrected chi connectivity index (χ4v) is 2.78. The molecule has 0 aliphatic rings. The Morgan fingerprint density at radius 1 is 1.37 bits per heavy atom. The first-order valence-corrected chi connectivity index (χ1v) is 8.05. The van der Waals surface area contributed by atoms with Gasteiger partial charge in [-0.25, -0.2) is 9.97 Å². The first kappa shape index (κ1) is 15.0. The Hall–Kier alpha value is -0.400. The molecule has 1 aromatic carbocycles. The monoisotopic (exact) mass is 451 g/mol. The van der Waals surface area contributed by atoms with E-state index < -0.39 is 0 Å². The Morgan fingerprint density at radius 3 is 2.79 bits per heavy atom. The molecule has 19 heavy (non-hydrogen) atoms. The standard InChI is InChI=1S/C13H12BrClIN3/c1-2-3-10-11(16)12(17)19-13(18-10)8-6-7(14)4-5-9(8)15/h4-6H,2-3H2,1H3,(H2,17,18,19). The van der Waals surface area contributed by atoms with Crippen LogP contribution in [-0.2, 0) is 6.42 Å². The van der Waals surface area contributed by atoms with E-state index >= 15 is 0 Å². The van der Waals surface area contributed by atoms with Gasteiger partial charge < -0.3 is 5.73 Å². The third-order valence-electron chi connectivity index (χ3n) is 2.60. The van der Waals surface area contributed by atoms with Gasteiger partial charge in [0.05, 0.1) is 14.3 Å². The Morgan fingerprint density at radius 2 is 2.11 bits per heavy atom. The first-order valence-electron chi connectivity index (χ1n) is 5.80. The third-order valence-corrected chi connectivity index (χ3v) is 4.60. The summed E-state index contributed by atoms with van der Waals surface area (Å²) in [6.45, 7) is 2.11.